The maximum atomic E-state index is 12.8. The van der Waals surface area contributed by atoms with Gasteiger partial charge in [-0.1, -0.05) is 271 Å². The molecule has 0 bridgehead atoms. The molecule has 0 saturated heterocycles. The molecular formula is C61H98O6. The Morgan fingerprint density at radius 2 is 0.582 bits per heavy atom. The zero-order valence-corrected chi connectivity index (χ0v) is 43.1. The lowest BCUT2D eigenvalue weighted by molar-refractivity contribution is -0.167. The average molecular weight is 927 g/mol. The van der Waals surface area contributed by atoms with Gasteiger partial charge in [-0.2, -0.15) is 0 Å². The lowest BCUT2D eigenvalue weighted by atomic mass is 10.0. The molecule has 0 rings (SSSR count). The summed E-state index contributed by atoms with van der Waals surface area (Å²) >= 11 is 0. The molecule has 6 heteroatoms. The number of ether oxygens (including phenoxy) is 3. The molecule has 0 saturated carbocycles. The molecule has 0 fully saturated rings. The zero-order valence-electron chi connectivity index (χ0n) is 43.1. The standard InChI is InChI=1S/C61H98O6/c1-4-7-10-13-16-19-22-25-27-29-30-32-33-36-39-42-45-48-51-54-60(63)66-57-58(56-65-59(62)53-50-47-44-41-38-35-24-21-18-15-12-9-6-3)67-61(64)55-52-49-46-43-40-37-34-31-28-26-23-20-17-14-11-8-5-2/h8-9,11-12,14-15,17-18,20-21,23-24,26,28,31,34-35,37-38,40,58H,4-7,10,13,16,19,22,25,27,29-30,32-33,36,39,41-57H2,1-3H3/b11-8+,12-9+,17-14+,18-15+,23-20+,24-21+,28-26+,34-31+,38-35+,40-37+. The van der Waals surface area contributed by atoms with Gasteiger partial charge in [0.2, 0.25) is 0 Å². The highest BCUT2D eigenvalue weighted by molar-refractivity contribution is 5.71. The summed E-state index contributed by atoms with van der Waals surface area (Å²) in [7, 11) is 0. The minimum atomic E-state index is -0.820. The van der Waals surface area contributed by atoms with Crippen LogP contribution in [-0.2, 0) is 28.6 Å². The summed E-state index contributed by atoms with van der Waals surface area (Å²) in [5.74, 6) is -0.998. The molecule has 1 unspecified atom stereocenters. The summed E-state index contributed by atoms with van der Waals surface area (Å²) in [6, 6.07) is 0. The first-order valence-corrected chi connectivity index (χ1v) is 27.2. The van der Waals surface area contributed by atoms with Crippen molar-refractivity contribution in [2.75, 3.05) is 13.2 Å². The zero-order chi connectivity index (χ0) is 48.6. The quantitative estimate of drug-likeness (QED) is 0.0262. The lowest BCUT2D eigenvalue weighted by Gasteiger charge is -2.18. The third kappa shape index (κ3) is 52.6. The SMILES string of the molecule is CC/C=C/C=C/C=C/C=C/C=C/C=C/CCCCCC(=O)OC(COC(=O)CCCCC/C=C/C=C/C=C/C=C/CC)COC(=O)CCCCCCCCCCCCCCCCCCCCC. The minimum Gasteiger partial charge on any atom is -0.462 e. The van der Waals surface area contributed by atoms with Crippen molar-refractivity contribution >= 4 is 17.9 Å². The van der Waals surface area contributed by atoms with E-state index in [1.54, 1.807) is 0 Å². The maximum absolute atomic E-state index is 12.8. The van der Waals surface area contributed by atoms with Crippen LogP contribution in [0.4, 0.5) is 0 Å². The molecular weight excluding hydrogens is 829 g/mol. The molecule has 0 radical (unpaired) electrons. The first kappa shape index (κ1) is 62.8. The predicted octanol–water partition coefficient (Wildman–Crippen LogP) is 18.1. The summed E-state index contributed by atoms with van der Waals surface area (Å²) in [5.41, 5.74) is 0. The molecule has 0 heterocycles. The molecule has 0 aromatic heterocycles. The molecule has 0 aliphatic heterocycles. The molecule has 1 atom stereocenters. The highest BCUT2D eigenvalue weighted by Crippen LogP contribution is 2.16. The van der Waals surface area contributed by atoms with Gasteiger partial charge in [0.1, 0.15) is 13.2 Å². The van der Waals surface area contributed by atoms with Crippen LogP contribution in [0.1, 0.15) is 226 Å². The molecule has 0 spiro atoms. The summed E-state index contributed by atoms with van der Waals surface area (Å²) in [4.78, 5) is 38.0. The van der Waals surface area contributed by atoms with Crippen LogP contribution in [0.2, 0.25) is 0 Å². The van der Waals surface area contributed by atoms with Crippen molar-refractivity contribution in [3.63, 3.8) is 0 Å². The van der Waals surface area contributed by atoms with Gasteiger partial charge in [-0.15, -0.1) is 0 Å². The second-order valence-corrected chi connectivity index (χ2v) is 17.6. The van der Waals surface area contributed by atoms with Gasteiger partial charge in [-0.25, -0.2) is 0 Å². The van der Waals surface area contributed by atoms with E-state index in [2.05, 4.69) is 45.1 Å². The van der Waals surface area contributed by atoms with Crippen LogP contribution in [0, 0.1) is 0 Å². The van der Waals surface area contributed by atoms with E-state index in [1.165, 1.54) is 103 Å². The van der Waals surface area contributed by atoms with Crippen molar-refractivity contribution in [1.82, 2.24) is 0 Å². The van der Waals surface area contributed by atoms with Gasteiger partial charge in [0.15, 0.2) is 6.10 Å². The van der Waals surface area contributed by atoms with Crippen LogP contribution in [0.3, 0.4) is 0 Å². The third-order valence-electron chi connectivity index (χ3n) is 11.2. The minimum absolute atomic E-state index is 0.111. The predicted molar refractivity (Wildman–Crippen MR) is 288 cm³/mol. The van der Waals surface area contributed by atoms with E-state index in [9.17, 15) is 14.4 Å². The van der Waals surface area contributed by atoms with Crippen LogP contribution < -0.4 is 0 Å². The van der Waals surface area contributed by atoms with E-state index in [0.29, 0.717) is 19.3 Å². The van der Waals surface area contributed by atoms with Crippen molar-refractivity contribution in [2.24, 2.45) is 0 Å². The van der Waals surface area contributed by atoms with Gasteiger partial charge in [-0.05, 0) is 57.8 Å². The largest absolute Gasteiger partial charge is 0.462 e. The number of unbranched alkanes of at least 4 members (excludes halogenated alkanes) is 24. The van der Waals surface area contributed by atoms with Crippen LogP contribution in [-0.4, -0.2) is 37.2 Å². The Morgan fingerprint density at radius 1 is 0.313 bits per heavy atom. The van der Waals surface area contributed by atoms with Crippen LogP contribution in [0.5, 0.6) is 0 Å². The number of carbonyl (C=O) groups excluding carboxylic acids is 3. The van der Waals surface area contributed by atoms with Crippen molar-refractivity contribution in [3.05, 3.63) is 122 Å². The fourth-order valence-electron chi connectivity index (χ4n) is 7.19. The fourth-order valence-corrected chi connectivity index (χ4v) is 7.19. The van der Waals surface area contributed by atoms with Gasteiger partial charge < -0.3 is 14.2 Å². The number of hydrogen-bond acceptors (Lipinski definition) is 6. The summed E-state index contributed by atoms with van der Waals surface area (Å²) in [6.07, 6.45) is 74.7. The topological polar surface area (TPSA) is 78.9 Å². The fraction of sp³-hybridized carbons (Fsp3) is 0.623. The monoisotopic (exact) mass is 927 g/mol. The average Bonchev–Trinajstić information content (AvgIpc) is 3.33. The Labute approximate surface area is 412 Å². The van der Waals surface area contributed by atoms with Crippen molar-refractivity contribution in [2.45, 2.75) is 232 Å². The molecule has 67 heavy (non-hydrogen) atoms. The molecule has 0 N–H and O–H groups in total. The van der Waals surface area contributed by atoms with E-state index in [-0.39, 0.29) is 37.5 Å². The Morgan fingerprint density at radius 3 is 0.910 bits per heavy atom. The van der Waals surface area contributed by atoms with Crippen LogP contribution in [0.25, 0.3) is 0 Å². The molecule has 6 nitrogen and oxygen atoms in total. The van der Waals surface area contributed by atoms with E-state index < -0.39 is 6.10 Å². The molecule has 0 aromatic carbocycles. The number of rotatable bonds is 47. The van der Waals surface area contributed by atoms with Crippen molar-refractivity contribution in [1.29, 1.82) is 0 Å². The van der Waals surface area contributed by atoms with Gasteiger partial charge >= 0.3 is 17.9 Å². The first-order chi connectivity index (χ1) is 33.0. The molecule has 0 aromatic rings. The lowest BCUT2D eigenvalue weighted by Crippen LogP contribution is -2.30. The summed E-state index contributed by atoms with van der Waals surface area (Å²) in [5, 5.41) is 0. The van der Waals surface area contributed by atoms with Gasteiger partial charge in [0, 0.05) is 19.3 Å². The second-order valence-electron chi connectivity index (χ2n) is 17.6. The number of allylic oxidation sites excluding steroid dienone is 20. The van der Waals surface area contributed by atoms with E-state index in [4.69, 9.17) is 14.2 Å². The van der Waals surface area contributed by atoms with E-state index >= 15 is 0 Å². The highest BCUT2D eigenvalue weighted by Gasteiger charge is 2.19. The van der Waals surface area contributed by atoms with E-state index in [0.717, 1.165) is 77.0 Å². The molecule has 378 valence electrons. The Bertz CT molecular complexity index is 1440. The second kappa shape index (κ2) is 54.4. The van der Waals surface area contributed by atoms with Crippen molar-refractivity contribution < 1.29 is 28.6 Å². The van der Waals surface area contributed by atoms with Crippen molar-refractivity contribution in [3.8, 4) is 0 Å². The summed E-state index contributed by atoms with van der Waals surface area (Å²) in [6.45, 7) is 6.28. The molecule has 0 aliphatic carbocycles. The smallest absolute Gasteiger partial charge is 0.306 e. The number of esters is 3. The first-order valence-electron chi connectivity index (χ1n) is 27.2. The Kier molecular flexibility index (Phi) is 51.0. The summed E-state index contributed by atoms with van der Waals surface area (Å²) < 4.78 is 16.8. The molecule has 0 aliphatic rings. The Hall–Kier alpha value is -4.19. The normalized spacial score (nSPS) is 13.1. The number of hydrogen-bond donors (Lipinski definition) is 0. The van der Waals surface area contributed by atoms with Crippen LogP contribution in [0.15, 0.2) is 122 Å². The van der Waals surface area contributed by atoms with E-state index in [1.807, 2.05) is 97.2 Å². The van der Waals surface area contributed by atoms with Gasteiger partial charge in [-0.3, -0.25) is 14.4 Å². The molecule has 0 amide bonds. The highest BCUT2D eigenvalue weighted by atomic mass is 16.6. The number of carbonyl (C=O) groups is 3. The van der Waals surface area contributed by atoms with Gasteiger partial charge in [0.05, 0.1) is 0 Å². The van der Waals surface area contributed by atoms with Crippen LogP contribution >= 0.6 is 0 Å². The maximum Gasteiger partial charge on any atom is 0.306 e. The third-order valence-corrected chi connectivity index (χ3v) is 11.2. The van der Waals surface area contributed by atoms with Gasteiger partial charge in [0.25, 0.3) is 0 Å². The Balaban J connectivity index is 4.49.